The number of pyridine rings is 1. The van der Waals surface area contributed by atoms with Gasteiger partial charge in [0, 0.05) is 5.56 Å². The number of carbonyl (C=O) groups is 1. The fraction of sp³-hybridized carbons (Fsp3) is 0.130. The van der Waals surface area contributed by atoms with Crippen LogP contribution in [0.1, 0.15) is 27.3 Å². The molecule has 0 fully saturated rings. The molecule has 146 valence electrons. The molecule has 1 aromatic heterocycles. The highest BCUT2D eigenvalue weighted by Gasteiger charge is 2.46. The number of aromatic nitrogens is 1. The minimum absolute atomic E-state index is 0.0414. The Morgan fingerprint density at radius 3 is 2.45 bits per heavy atom. The zero-order valence-corrected chi connectivity index (χ0v) is 15.7. The van der Waals surface area contributed by atoms with Crippen LogP contribution < -0.4 is 4.74 Å². The molecular weight excluding hydrogens is 370 g/mol. The van der Waals surface area contributed by atoms with E-state index in [4.69, 9.17) is 14.2 Å². The van der Waals surface area contributed by atoms with Crippen LogP contribution >= 0.6 is 0 Å². The fourth-order valence-electron chi connectivity index (χ4n) is 3.21. The summed E-state index contributed by atoms with van der Waals surface area (Å²) in [7, 11) is 0. The maximum Gasteiger partial charge on any atom is 0.354 e. The molecule has 0 bridgehead atoms. The molecule has 0 saturated heterocycles. The van der Waals surface area contributed by atoms with Crippen LogP contribution in [0, 0.1) is 6.92 Å². The molecule has 0 radical (unpaired) electrons. The van der Waals surface area contributed by atoms with Crippen LogP contribution in [0.5, 0.6) is 5.75 Å². The number of aryl methyl sites for hydroxylation is 1. The topological polar surface area (TPSA) is 77.9 Å². The zero-order valence-electron chi connectivity index (χ0n) is 15.7. The van der Waals surface area contributed by atoms with E-state index in [0.29, 0.717) is 17.2 Å². The van der Waals surface area contributed by atoms with Gasteiger partial charge in [-0.3, -0.25) is 0 Å². The average Bonchev–Trinajstić information content (AvgIpc) is 3.29. The number of benzene rings is 2. The van der Waals surface area contributed by atoms with E-state index in [2.05, 4.69) is 4.98 Å². The number of rotatable bonds is 6. The number of carboxylic acids is 1. The van der Waals surface area contributed by atoms with Crippen LogP contribution in [-0.4, -0.2) is 22.9 Å². The van der Waals surface area contributed by atoms with Crippen LogP contribution in [0.25, 0.3) is 0 Å². The number of ether oxygens (including phenoxy) is 3. The maximum atomic E-state index is 11.6. The molecule has 1 unspecified atom stereocenters. The van der Waals surface area contributed by atoms with Gasteiger partial charge >= 0.3 is 5.97 Å². The van der Waals surface area contributed by atoms with Crippen LogP contribution in [0.15, 0.2) is 84.8 Å². The molecule has 1 N–H and O–H groups in total. The summed E-state index contributed by atoms with van der Waals surface area (Å²) in [5.74, 6) is -0.158. The highest BCUT2D eigenvalue weighted by Crippen LogP contribution is 2.42. The van der Waals surface area contributed by atoms with Gasteiger partial charge in [-0.25, -0.2) is 9.78 Å². The number of nitrogens with zero attached hydrogens (tertiary/aromatic N) is 1. The molecule has 6 nitrogen and oxygen atoms in total. The molecule has 2 heterocycles. The minimum atomic E-state index is -1.32. The van der Waals surface area contributed by atoms with Gasteiger partial charge in [-0.1, -0.05) is 54.1 Å². The lowest BCUT2D eigenvalue weighted by Gasteiger charge is -2.34. The molecule has 6 heteroatoms. The molecule has 1 aliphatic rings. The van der Waals surface area contributed by atoms with Crippen molar-refractivity contribution in [3.05, 3.63) is 107 Å². The van der Waals surface area contributed by atoms with Gasteiger partial charge in [0.05, 0.1) is 5.69 Å². The van der Waals surface area contributed by atoms with Crippen molar-refractivity contribution in [2.24, 2.45) is 0 Å². The van der Waals surface area contributed by atoms with E-state index < -0.39 is 11.6 Å². The van der Waals surface area contributed by atoms with Crippen LogP contribution in [0.2, 0.25) is 0 Å². The van der Waals surface area contributed by atoms with E-state index in [1.54, 1.807) is 12.1 Å². The first-order valence-corrected chi connectivity index (χ1v) is 9.07. The lowest BCUT2D eigenvalue weighted by molar-refractivity contribution is 0.0268. The van der Waals surface area contributed by atoms with Crippen molar-refractivity contribution in [1.29, 1.82) is 0 Å². The van der Waals surface area contributed by atoms with E-state index in [1.165, 1.54) is 12.3 Å². The molecule has 29 heavy (non-hydrogen) atoms. The van der Waals surface area contributed by atoms with E-state index in [0.717, 1.165) is 11.1 Å². The quantitative estimate of drug-likeness (QED) is 0.679. The highest BCUT2D eigenvalue weighted by atomic mass is 16.7. The first kappa shape index (κ1) is 18.6. The summed E-state index contributed by atoms with van der Waals surface area (Å²) < 4.78 is 17.6. The molecule has 0 saturated carbocycles. The Bertz CT molecular complexity index is 1050. The normalized spacial score (nSPS) is 14.9. The van der Waals surface area contributed by atoms with Crippen LogP contribution in [-0.2, 0) is 15.1 Å². The summed E-state index contributed by atoms with van der Waals surface area (Å²) in [5, 5.41) is 9.46. The van der Waals surface area contributed by atoms with E-state index in [1.807, 2.05) is 61.5 Å². The molecule has 0 aliphatic carbocycles. The average molecular weight is 389 g/mol. The molecule has 2 aromatic carbocycles. The number of aromatic carboxylic acids is 1. The number of hydrogen-bond donors (Lipinski definition) is 1. The van der Waals surface area contributed by atoms with Crippen molar-refractivity contribution in [2.45, 2.75) is 12.5 Å². The van der Waals surface area contributed by atoms with E-state index in [-0.39, 0.29) is 12.5 Å². The Kier molecular flexibility index (Phi) is 4.91. The molecular formula is C23H19NO5. The monoisotopic (exact) mass is 389 g/mol. The van der Waals surface area contributed by atoms with Crippen molar-refractivity contribution < 1.29 is 24.1 Å². The van der Waals surface area contributed by atoms with Gasteiger partial charge in [-0.2, -0.15) is 0 Å². The standard InChI is InChI=1S/C23H19NO5/c1-16-10-12-17(13-11-16)23(21-14-27-15-28-21,29-18-6-3-2-4-7-18)20-9-5-8-19(24-20)22(25)26/h2-14H,15H2,1H3,(H,25,26). The lowest BCUT2D eigenvalue weighted by atomic mass is 9.86. The SMILES string of the molecule is Cc1ccc(C(Oc2ccccc2)(C2=COCO2)c2cccc(C(=O)O)n2)cc1. The number of carboxylic acid groups (broad SMARTS) is 1. The summed E-state index contributed by atoms with van der Waals surface area (Å²) in [6, 6.07) is 21.8. The predicted octanol–water partition coefficient (Wildman–Crippen LogP) is 4.26. The first-order valence-electron chi connectivity index (χ1n) is 9.07. The van der Waals surface area contributed by atoms with Gasteiger partial charge in [0.15, 0.2) is 5.76 Å². The van der Waals surface area contributed by atoms with E-state index in [9.17, 15) is 9.90 Å². The number of para-hydroxylation sites is 1. The third-order valence-corrected chi connectivity index (χ3v) is 4.62. The second-order valence-corrected chi connectivity index (χ2v) is 6.59. The van der Waals surface area contributed by atoms with Crippen molar-refractivity contribution >= 4 is 5.97 Å². The summed E-state index contributed by atoms with van der Waals surface area (Å²) >= 11 is 0. The molecule has 1 atom stereocenters. The van der Waals surface area contributed by atoms with Crippen molar-refractivity contribution in [3.8, 4) is 5.75 Å². The zero-order chi connectivity index (χ0) is 20.3. The Morgan fingerprint density at radius 2 is 1.79 bits per heavy atom. The Balaban J connectivity index is 1.98. The van der Waals surface area contributed by atoms with Crippen LogP contribution in [0.3, 0.4) is 0 Å². The summed E-state index contributed by atoms with van der Waals surface area (Å²) in [4.78, 5) is 16.0. The van der Waals surface area contributed by atoms with Gasteiger partial charge in [0.2, 0.25) is 12.4 Å². The molecule has 0 amide bonds. The van der Waals surface area contributed by atoms with Crippen molar-refractivity contribution in [1.82, 2.24) is 4.98 Å². The van der Waals surface area contributed by atoms with Gasteiger partial charge in [0.25, 0.3) is 0 Å². The lowest BCUT2D eigenvalue weighted by Crippen LogP contribution is -2.38. The minimum Gasteiger partial charge on any atom is -0.477 e. The first-order chi connectivity index (χ1) is 14.1. The van der Waals surface area contributed by atoms with Crippen molar-refractivity contribution in [3.63, 3.8) is 0 Å². The van der Waals surface area contributed by atoms with Gasteiger partial charge in [-0.05, 0) is 31.2 Å². The summed E-state index contributed by atoms with van der Waals surface area (Å²) in [6.07, 6.45) is 1.48. The highest BCUT2D eigenvalue weighted by molar-refractivity contribution is 5.85. The molecule has 3 aromatic rings. The number of hydrogen-bond acceptors (Lipinski definition) is 5. The Morgan fingerprint density at radius 1 is 1.03 bits per heavy atom. The summed E-state index contributed by atoms with van der Waals surface area (Å²) in [6.45, 7) is 2.03. The van der Waals surface area contributed by atoms with Gasteiger partial charge < -0.3 is 19.3 Å². The van der Waals surface area contributed by atoms with Gasteiger partial charge in [0.1, 0.15) is 17.7 Å². The summed E-state index contributed by atoms with van der Waals surface area (Å²) in [5.41, 5.74) is 0.778. The Hall–Kier alpha value is -3.80. The molecule has 4 rings (SSSR count). The maximum absolute atomic E-state index is 11.6. The fourth-order valence-corrected chi connectivity index (χ4v) is 3.21. The molecule has 0 spiro atoms. The second-order valence-electron chi connectivity index (χ2n) is 6.59. The van der Waals surface area contributed by atoms with Crippen molar-refractivity contribution in [2.75, 3.05) is 6.79 Å². The van der Waals surface area contributed by atoms with E-state index >= 15 is 0 Å². The second kappa shape index (κ2) is 7.67. The third-order valence-electron chi connectivity index (χ3n) is 4.62. The largest absolute Gasteiger partial charge is 0.477 e. The predicted molar refractivity (Wildman–Crippen MR) is 105 cm³/mol. The third kappa shape index (κ3) is 3.52. The Labute approximate surface area is 168 Å². The smallest absolute Gasteiger partial charge is 0.354 e. The van der Waals surface area contributed by atoms with Crippen LogP contribution in [0.4, 0.5) is 0 Å². The van der Waals surface area contributed by atoms with Gasteiger partial charge in [-0.15, -0.1) is 0 Å². The molecule has 1 aliphatic heterocycles.